The van der Waals surface area contributed by atoms with Gasteiger partial charge in [0.2, 0.25) is 0 Å². The maximum absolute atomic E-state index is 14.4. The fraction of sp³-hybridized carbons (Fsp3) is 0. The molecule has 0 aliphatic carbocycles. The smallest absolute Gasteiger partial charge is 0.262 e. The largest absolute Gasteiger partial charge is 0.319 e. The van der Waals surface area contributed by atoms with Gasteiger partial charge in [-0.2, -0.15) is 0 Å². The van der Waals surface area contributed by atoms with Gasteiger partial charge in [-0.25, -0.2) is 17.2 Å². The molecule has 0 heterocycles. The molecule has 0 atom stereocenters. The van der Waals surface area contributed by atoms with Crippen molar-refractivity contribution in [1.29, 1.82) is 0 Å². The van der Waals surface area contributed by atoms with Crippen LogP contribution in [0.3, 0.4) is 0 Å². The van der Waals surface area contributed by atoms with Gasteiger partial charge in [-0.3, -0.25) is 9.52 Å². The van der Waals surface area contributed by atoms with E-state index in [1.807, 2.05) is 0 Å². The highest BCUT2D eigenvalue weighted by molar-refractivity contribution is 7.92. The Labute approximate surface area is 175 Å². The molecule has 3 aromatic carbocycles. The molecule has 1 amide bonds. The van der Waals surface area contributed by atoms with Crippen LogP contribution in [0.4, 0.5) is 20.2 Å². The second-order valence-electron chi connectivity index (χ2n) is 5.83. The first-order valence-corrected chi connectivity index (χ1v) is 10.2. The molecule has 5 nitrogen and oxygen atoms in total. The Kier molecular flexibility index (Phi) is 6.07. The lowest BCUT2D eigenvalue weighted by Crippen LogP contribution is -2.15. The van der Waals surface area contributed by atoms with Crippen LogP contribution in [0.25, 0.3) is 0 Å². The number of carbonyl (C=O) groups is 1. The van der Waals surface area contributed by atoms with Gasteiger partial charge in [0, 0.05) is 10.6 Å². The minimum absolute atomic E-state index is 0.0354. The lowest BCUT2D eigenvalue weighted by Gasteiger charge is -2.12. The Hall–Kier alpha value is -2.68. The molecule has 0 aliphatic rings. The Balaban J connectivity index is 1.82. The Morgan fingerprint density at radius 3 is 2.21 bits per heavy atom. The second kappa shape index (κ2) is 8.36. The fourth-order valence-electron chi connectivity index (χ4n) is 2.34. The molecule has 2 N–H and O–H groups in total. The molecule has 0 saturated heterocycles. The van der Waals surface area contributed by atoms with E-state index in [1.165, 1.54) is 30.3 Å². The first-order chi connectivity index (χ1) is 13.7. The Bertz CT molecular complexity index is 1190. The van der Waals surface area contributed by atoms with Crippen LogP contribution < -0.4 is 10.0 Å². The minimum atomic E-state index is -4.16. The van der Waals surface area contributed by atoms with Gasteiger partial charge in [0.15, 0.2) is 0 Å². The summed E-state index contributed by atoms with van der Waals surface area (Å²) in [5, 5.41) is 2.67. The standard InChI is InChI=1S/C19H12Cl2F2N2O3S/c20-12-3-7-15(21)18(9-12)25-29(27,28)14-6-8-17(16(23)10-14)24-19(26)11-1-4-13(22)5-2-11/h1-10,25H,(H,24,26). The monoisotopic (exact) mass is 456 g/mol. The highest BCUT2D eigenvalue weighted by atomic mass is 35.5. The zero-order chi connectivity index (χ0) is 21.2. The van der Waals surface area contributed by atoms with Crippen molar-refractivity contribution in [2.24, 2.45) is 0 Å². The number of anilines is 2. The van der Waals surface area contributed by atoms with Gasteiger partial charge in [0.25, 0.3) is 15.9 Å². The first kappa shape index (κ1) is 21.0. The number of hydrogen-bond donors (Lipinski definition) is 2. The predicted octanol–water partition coefficient (Wildman–Crippen LogP) is 5.32. The summed E-state index contributed by atoms with van der Waals surface area (Å²) < 4.78 is 54.6. The third-order valence-electron chi connectivity index (χ3n) is 3.78. The Morgan fingerprint density at radius 1 is 0.862 bits per heavy atom. The van der Waals surface area contributed by atoms with Crippen molar-refractivity contribution in [2.75, 3.05) is 10.0 Å². The van der Waals surface area contributed by atoms with Crippen LogP contribution in [-0.4, -0.2) is 14.3 Å². The van der Waals surface area contributed by atoms with Gasteiger partial charge in [0.1, 0.15) is 11.6 Å². The molecule has 0 saturated carbocycles. The summed E-state index contributed by atoms with van der Waals surface area (Å²) in [7, 11) is -4.16. The predicted molar refractivity (Wildman–Crippen MR) is 108 cm³/mol. The quantitative estimate of drug-likeness (QED) is 0.544. The van der Waals surface area contributed by atoms with Crippen LogP contribution in [0.1, 0.15) is 10.4 Å². The fourth-order valence-corrected chi connectivity index (χ4v) is 3.81. The molecule has 0 spiro atoms. The van der Waals surface area contributed by atoms with E-state index in [-0.39, 0.29) is 31.9 Å². The number of halogens is 4. The molecule has 0 unspecified atom stereocenters. The summed E-state index contributed by atoms with van der Waals surface area (Å²) in [5.74, 6) is -2.17. The topological polar surface area (TPSA) is 75.3 Å². The average Bonchev–Trinajstić information content (AvgIpc) is 2.66. The van der Waals surface area contributed by atoms with Gasteiger partial charge in [0.05, 0.1) is 21.3 Å². The highest BCUT2D eigenvalue weighted by Gasteiger charge is 2.19. The molecule has 3 aromatic rings. The SMILES string of the molecule is O=C(Nc1ccc(S(=O)(=O)Nc2cc(Cl)ccc2Cl)cc1F)c1ccc(F)cc1. The van der Waals surface area contributed by atoms with E-state index in [4.69, 9.17) is 23.2 Å². The van der Waals surface area contributed by atoms with Gasteiger partial charge in [-0.1, -0.05) is 23.2 Å². The van der Waals surface area contributed by atoms with Gasteiger partial charge < -0.3 is 5.32 Å². The van der Waals surface area contributed by atoms with E-state index in [9.17, 15) is 22.0 Å². The van der Waals surface area contributed by atoms with Crippen molar-refractivity contribution >= 4 is 50.5 Å². The van der Waals surface area contributed by atoms with Crippen LogP contribution in [-0.2, 0) is 10.0 Å². The molecule has 0 fully saturated rings. The van der Waals surface area contributed by atoms with E-state index in [0.29, 0.717) is 0 Å². The summed E-state index contributed by atoms with van der Waals surface area (Å²) in [6.45, 7) is 0. The van der Waals surface area contributed by atoms with Crippen molar-refractivity contribution in [3.05, 3.63) is 87.9 Å². The molecule has 0 aliphatic heterocycles. The lowest BCUT2D eigenvalue weighted by molar-refractivity contribution is 0.102. The highest BCUT2D eigenvalue weighted by Crippen LogP contribution is 2.28. The number of hydrogen-bond acceptors (Lipinski definition) is 3. The molecule has 150 valence electrons. The summed E-state index contributed by atoms with van der Waals surface area (Å²) in [5.41, 5.74) is -0.0907. The number of rotatable bonds is 5. The normalized spacial score (nSPS) is 11.2. The van der Waals surface area contributed by atoms with E-state index in [1.54, 1.807) is 0 Å². The Morgan fingerprint density at radius 2 is 1.55 bits per heavy atom. The maximum Gasteiger partial charge on any atom is 0.262 e. The van der Waals surface area contributed by atoms with Crippen molar-refractivity contribution in [1.82, 2.24) is 0 Å². The number of sulfonamides is 1. The molecule has 0 aromatic heterocycles. The van der Waals surface area contributed by atoms with Crippen LogP contribution >= 0.6 is 23.2 Å². The van der Waals surface area contributed by atoms with E-state index in [2.05, 4.69) is 10.0 Å². The average molecular weight is 457 g/mol. The minimum Gasteiger partial charge on any atom is -0.319 e. The molecular weight excluding hydrogens is 445 g/mol. The van der Waals surface area contributed by atoms with Crippen molar-refractivity contribution in [3.63, 3.8) is 0 Å². The molecule has 29 heavy (non-hydrogen) atoms. The van der Waals surface area contributed by atoms with Crippen LogP contribution in [0.5, 0.6) is 0 Å². The van der Waals surface area contributed by atoms with E-state index < -0.39 is 27.6 Å². The second-order valence-corrected chi connectivity index (χ2v) is 8.36. The number of amides is 1. The molecule has 0 bridgehead atoms. The van der Waals surface area contributed by atoms with Gasteiger partial charge in [-0.15, -0.1) is 0 Å². The molecule has 10 heteroatoms. The number of carbonyl (C=O) groups excluding carboxylic acids is 1. The lowest BCUT2D eigenvalue weighted by atomic mass is 10.2. The van der Waals surface area contributed by atoms with Crippen molar-refractivity contribution in [2.45, 2.75) is 4.90 Å². The van der Waals surface area contributed by atoms with E-state index >= 15 is 0 Å². The summed E-state index contributed by atoms with van der Waals surface area (Å²) in [4.78, 5) is 11.7. The number of nitrogens with one attached hydrogen (secondary N) is 2. The molecule has 0 radical (unpaired) electrons. The van der Waals surface area contributed by atoms with Crippen LogP contribution in [0.15, 0.2) is 65.6 Å². The summed E-state index contributed by atoms with van der Waals surface area (Å²) >= 11 is 11.8. The van der Waals surface area contributed by atoms with E-state index in [0.717, 1.165) is 30.3 Å². The maximum atomic E-state index is 14.4. The van der Waals surface area contributed by atoms with Crippen molar-refractivity contribution < 1.29 is 22.0 Å². The zero-order valence-corrected chi connectivity index (χ0v) is 16.7. The van der Waals surface area contributed by atoms with Crippen LogP contribution in [0.2, 0.25) is 10.0 Å². The molecular formula is C19H12Cl2F2N2O3S. The van der Waals surface area contributed by atoms with Crippen LogP contribution in [0, 0.1) is 11.6 Å². The zero-order valence-electron chi connectivity index (χ0n) is 14.4. The van der Waals surface area contributed by atoms with Gasteiger partial charge in [-0.05, 0) is 60.7 Å². The van der Waals surface area contributed by atoms with Gasteiger partial charge >= 0.3 is 0 Å². The summed E-state index contributed by atoms with van der Waals surface area (Å²) in [6, 6.07) is 11.8. The number of benzene rings is 3. The third-order valence-corrected chi connectivity index (χ3v) is 5.71. The third kappa shape index (κ3) is 5.03. The summed E-state index contributed by atoms with van der Waals surface area (Å²) in [6.07, 6.45) is 0. The first-order valence-electron chi connectivity index (χ1n) is 8.00. The molecule has 3 rings (SSSR count). The van der Waals surface area contributed by atoms with Crippen molar-refractivity contribution in [3.8, 4) is 0 Å².